The van der Waals surface area contributed by atoms with Gasteiger partial charge in [-0.25, -0.2) is 0 Å². The second-order valence-electron chi connectivity index (χ2n) is 6.82. The summed E-state index contributed by atoms with van der Waals surface area (Å²) in [5, 5.41) is 21.4. The molecule has 0 radical (unpaired) electrons. The van der Waals surface area contributed by atoms with Gasteiger partial charge in [0.05, 0.1) is 35.3 Å². The van der Waals surface area contributed by atoms with Crippen LogP contribution in [0, 0.1) is 35.0 Å². The molecule has 6 nitrogen and oxygen atoms in total. The van der Waals surface area contributed by atoms with E-state index in [4.69, 9.17) is 10.00 Å². The average molecular weight is 340 g/mol. The van der Waals surface area contributed by atoms with Gasteiger partial charge >= 0.3 is 5.97 Å². The Morgan fingerprint density at radius 2 is 1.96 bits per heavy atom. The molecule has 0 saturated heterocycles. The number of anilines is 1. The summed E-state index contributed by atoms with van der Waals surface area (Å²) in [4.78, 5) is 24.4. The third-order valence-electron chi connectivity index (χ3n) is 4.78. The fourth-order valence-electron chi connectivity index (χ4n) is 3.79. The predicted molar refractivity (Wildman–Crippen MR) is 90.9 cm³/mol. The summed E-state index contributed by atoms with van der Waals surface area (Å²) in [7, 11) is 0. The van der Waals surface area contributed by atoms with Gasteiger partial charge in [0.15, 0.2) is 0 Å². The molecule has 0 heterocycles. The molecule has 130 valence electrons. The number of carbonyl (C=O) groups excluding carboxylic acids is 1. The van der Waals surface area contributed by atoms with E-state index in [1.165, 1.54) is 0 Å². The third kappa shape index (κ3) is 3.22. The Labute approximate surface area is 146 Å². The molecule has 2 aliphatic rings. The van der Waals surface area contributed by atoms with Crippen molar-refractivity contribution in [2.45, 2.75) is 26.4 Å². The van der Waals surface area contributed by atoms with E-state index in [2.05, 4.69) is 5.32 Å². The number of nitrogens with one attached hydrogen (secondary N) is 1. The molecule has 0 aromatic heterocycles. The first-order valence-electron chi connectivity index (χ1n) is 8.33. The van der Waals surface area contributed by atoms with Crippen molar-refractivity contribution in [3.63, 3.8) is 0 Å². The molecular weight excluding hydrogens is 320 g/mol. The number of ether oxygens (including phenoxy) is 1. The Morgan fingerprint density at radius 3 is 2.56 bits per heavy atom. The van der Waals surface area contributed by atoms with Gasteiger partial charge in [0.2, 0.25) is 5.91 Å². The maximum absolute atomic E-state index is 12.8. The van der Waals surface area contributed by atoms with E-state index in [9.17, 15) is 14.7 Å². The predicted octanol–water partition coefficient (Wildman–Crippen LogP) is 2.81. The Hall–Kier alpha value is -2.81. The first kappa shape index (κ1) is 17.0. The summed E-state index contributed by atoms with van der Waals surface area (Å²) in [6.45, 7) is 3.73. The number of rotatable bonds is 5. The minimum absolute atomic E-state index is 0.0558. The maximum Gasteiger partial charge on any atom is 0.307 e. The minimum Gasteiger partial charge on any atom is -0.489 e. The van der Waals surface area contributed by atoms with E-state index in [0.29, 0.717) is 23.4 Å². The van der Waals surface area contributed by atoms with Gasteiger partial charge in [-0.2, -0.15) is 5.26 Å². The van der Waals surface area contributed by atoms with Crippen LogP contribution in [0.25, 0.3) is 0 Å². The topological polar surface area (TPSA) is 99.4 Å². The molecular formula is C19H20N2O4. The van der Waals surface area contributed by atoms with E-state index in [0.717, 1.165) is 0 Å². The van der Waals surface area contributed by atoms with Crippen LogP contribution in [-0.2, 0) is 9.59 Å². The molecule has 6 heteroatoms. The molecule has 4 atom stereocenters. The highest BCUT2D eigenvalue weighted by molar-refractivity contribution is 5.97. The first-order valence-corrected chi connectivity index (χ1v) is 8.33. The van der Waals surface area contributed by atoms with E-state index in [-0.39, 0.29) is 23.8 Å². The number of benzene rings is 1. The zero-order valence-electron chi connectivity index (χ0n) is 14.1. The average Bonchev–Trinajstić information content (AvgIpc) is 3.16. The number of aliphatic carboxylic acids is 1. The molecule has 1 fully saturated rings. The summed E-state index contributed by atoms with van der Waals surface area (Å²) in [5.41, 5.74) is 0.794. The van der Waals surface area contributed by atoms with Crippen LogP contribution in [-0.4, -0.2) is 23.1 Å². The molecule has 2 N–H and O–H groups in total. The molecule has 0 aliphatic heterocycles. The Morgan fingerprint density at radius 1 is 1.28 bits per heavy atom. The van der Waals surface area contributed by atoms with Crippen LogP contribution in [0.15, 0.2) is 30.4 Å². The van der Waals surface area contributed by atoms with E-state index in [1.807, 2.05) is 32.1 Å². The summed E-state index contributed by atoms with van der Waals surface area (Å²) in [6, 6.07) is 6.84. The lowest BCUT2D eigenvalue weighted by Crippen LogP contribution is -2.36. The highest BCUT2D eigenvalue weighted by atomic mass is 16.5. The van der Waals surface area contributed by atoms with Crippen LogP contribution in [0.2, 0.25) is 0 Å². The van der Waals surface area contributed by atoms with E-state index >= 15 is 0 Å². The molecule has 0 spiro atoms. The van der Waals surface area contributed by atoms with Crippen molar-refractivity contribution in [3.05, 3.63) is 35.9 Å². The number of allylic oxidation sites excluding steroid dienone is 2. The standard InChI is InChI=1S/C19H20N2O4/c1-10(2)25-15-6-3-11(9-20)7-14(15)21-18(22)16-12-4-5-13(8-12)17(16)19(23)24/h3-7,10,12-13,16-17H,8H2,1-2H3,(H,21,22)(H,23,24)/t12-,13-,16+,17-/m0/s1. The van der Waals surface area contributed by atoms with Crippen LogP contribution < -0.4 is 10.1 Å². The van der Waals surface area contributed by atoms with Crippen LogP contribution in [0.4, 0.5) is 5.69 Å². The van der Waals surface area contributed by atoms with Gasteiger partial charge in [-0.05, 0) is 50.3 Å². The number of amides is 1. The van der Waals surface area contributed by atoms with E-state index in [1.54, 1.807) is 18.2 Å². The monoisotopic (exact) mass is 340 g/mol. The fraction of sp³-hybridized carbons (Fsp3) is 0.421. The number of hydrogen-bond acceptors (Lipinski definition) is 4. The van der Waals surface area contributed by atoms with Crippen molar-refractivity contribution in [1.29, 1.82) is 5.26 Å². The smallest absolute Gasteiger partial charge is 0.307 e. The number of carboxylic acids is 1. The number of nitriles is 1. The normalized spacial score (nSPS) is 26.5. The summed E-state index contributed by atoms with van der Waals surface area (Å²) >= 11 is 0. The van der Waals surface area contributed by atoms with Crippen molar-refractivity contribution < 1.29 is 19.4 Å². The highest BCUT2D eigenvalue weighted by Crippen LogP contribution is 2.48. The Balaban J connectivity index is 1.86. The van der Waals surface area contributed by atoms with Gasteiger partial charge in [-0.3, -0.25) is 9.59 Å². The lowest BCUT2D eigenvalue weighted by molar-refractivity contribution is -0.146. The van der Waals surface area contributed by atoms with Crippen molar-refractivity contribution in [3.8, 4) is 11.8 Å². The number of hydrogen-bond donors (Lipinski definition) is 2. The number of carboxylic acid groups (broad SMARTS) is 1. The second kappa shape index (κ2) is 6.60. The van der Waals surface area contributed by atoms with Crippen LogP contribution >= 0.6 is 0 Å². The SMILES string of the molecule is CC(C)Oc1ccc(C#N)cc1NC(=O)[C@H]1[C@@H](C(=O)O)[C@H]2C=C[C@H]1C2. The molecule has 1 amide bonds. The van der Waals surface area contributed by atoms with Crippen LogP contribution in [0.3, 0.4) is 0 Å². The first-order chi connectivity index (χ1) is 11.9. The molecule has 1 saturated carbocycles. The van der Waals surface area contributed by atoms with Crippen molar-refractivity contribution >= 4 is 17.6 Å². The van der Waals surface area contributed by atoms with Gasteiger partial charge in [-0.15, -0.1) is 0 Å². The molecule has 1 aromatic carbocycles. The van der Waals surface area contributed by atoms with E-state index < -0.39 is 17.8 Å². The Bertz CT molecular complexity index is 778. The lowest BCUT2D eigenvalue weighted by Gasteiger charge is -2.24. The van der Waals surface area contributed by atoms with Crippen LogP contribution in [0.1, 0.15) is 25.8 Å². The molecule has 25 heavy (non-hydrogen) atoms. The Kier molecular flexibility index (Phi) is 4.49. The number of fused-ring (bicyclic) bond motifs is 2. The van der Waals surface area contributed by atoms with Gasteiger partial charge in [0.1, 0.15) is 5.75 Å². The van der Waals surface area contributed by atoms with Gasteiger partial charge < -0.3 is 15.2 Å². The van der Waals surface area contributed by atoms with Crippen molar-refractivity contribution in [2.24, 2.45) is 23.7 Å². The largest absolute Gasteiger partial charge is 0.489 e. The molecule has 2 aliphatic carbocycles. The number of carbonyl (C=O) groups is 2. The summed E-state index contributed by atoms with van der Waals surface area (Å²) in [5.74, 6) is -2.27. The number of nitrogens with zero attached hydrogens (tertiary/aromatic N) is 1. The van der Waals surface area contributed by atoms with Gasteiger partial charge in [0, 0.05) is 0 Å². The summed E-state index contributed by atoms with van der Waals surface area (Å²) < 4.78 is 5.69. The van der Waals surface area contributed by atoms with Gasteiger partial charge in [0.25, 0.3) is 0 Å². The quantitative estimate of drug-likeness (QED) is 0.803. The van der Waals surface area contributed by atoms with Gasteiger partial charge in [-0.1, -0.05) is 12.2 Å². The minimum atomic E-state index is -0.943. The van der Waals surface area contributed by atoms with Crippen molar-refractivity contribution in [2.75, 3.05) is 5.32 Å². The fourth-order valence-corrected chi connectivity index (χ4v) is 3.79. The third-order valence-corrected chi connectivity index (χ3v) is 4.78. The molecule has 1 aromatic rings. The molecule has 0 unspecified atom stereocenters. The maximum atomic E-state index is 12.8. The molecule has 3 rings (SSSR count). The van der Waals surface area contributed by atoms with Crippen molar-refractivity contribution in [1.82, 2.24) is 0 Å². The zero-order chi connectivity index (χ0) is 18.1. The molecule has 2 bridgehead atoms. The summed E-state index contributed by atoms with van der Waals surface area (Å²) in [6.07, 6.45) is 4.44. The second-order valence-corrected chi connectivity index (χ2v) is 6.82. The lowest BCUT2D eigenvalue weighted by atomic mass is 9.82. The zero-order valence-corrected chi connectivity index (χ0v) is 14.1. The van der Waals surface area contributed by atoms with Crippen LogP contribution in [0.5, 0.6) is 5.75 Å². The highest BCUT2D eigenvalue weighted by Gasteiger charge is 2.51.